The predicted molar refractivity (Wildman–Crippen MR) is 51.2 cm³/mol. The van der Waals surface area contributed by atoms with Gasteiger partial charge in [-0.25, -0.2) is 0 Å². The maximum Gasteiger partial charge on any atom is 0.435 e. The molecule has 1 aromatic rings. The number of rotatable bonds is 1. The monoisotopic (exact) mass is 322 g/mol. The summed E-state index contributed by atoms with van der Waals surface area (Å²) in [7, 11) is 1.48. The van der Waals surface area contributed by atoms with Crippen LogP contribution in [0.2, 0.25) is 0 Å². The summed E-state index contributed by atoms with van der Waals surface area (Å²) < 4.78 is 37.3. The van der Waals surface area contributed by atoms with Crippen LogP contribution in [-0.2, 0) is 18.6 Å². The molecule has 0 aliphatic carbocycles. The summed E-state index contributed by atoms with van der Waals surface area (Å²) in [4.78, 5) is 0. The van der Waals surface area contributed by atoms with E-state index >= 15 is 0 Å². The third-order valence-corrected chi connectivity index (χ3v) is 1.98. The molecule has 0 aliphatic heterocycles. The molecule has 0 aromatic carbocycles. The molecule has 13 heavy (non-hydrogen) atoms. The van der Waals surface area contributed by atoms with E-state index in [4.69, 9.17) is 0 Å². The normalized spacial score (nSPS) is 11.2. The van der Waals surface area contributed by atoms with Crippen molar-refractivity contribution in [3.63, 3.8) is 0 Å². The number of nitrogens with zero attached hydrogens (tertiary/aromatic N) is 2. The van der Waals surface area contributed by atoms with Gasteiger partial charge in [-0.3, -0.25) is 4.68 Å². The van der Waals surface area contributed by atoms with Gasteiger partial charge < -0.3 is 0 Å². The van der Waals surface area contributed by atoms with Gasteiger partial charge >= 0.3 is 6.18 Å². The maximum atomic E-state index is 12.0. The van der Waals surface area contributed by atoms with Gasteiger partial charge in [0.25, 0.3) is 0 Å². The van der Waals surface area contributed by atoms with Crippen molar-refractivity contribution < 1.29 is 13.2 Å². The zero-order valence-corrected chi connectivity index (χ0v) is 9.90. The van der Waals surface area contributed by atoms with Crippen molar-refractivity contribution in [1.29, 1.82) is 0 Å². The summed E-state index contributed by atoms with van der Waals surface area (Å²) in [6.07, 6.45) is -4.35. The van der Waals surface area contributed by atoms with Crippen LogP contribution in [0, 0.1) is 0 Å². The summed E-state index contributed by atoms with van der Waals surface area (Å²) in [5, 5.41) is 3.68. The topological polar surface area (TPSA) is 17.8 Å². The molecule has 0 fully saturated rings. The summed E-state index contributed by atoms with van der Waals surface area (Å²) in [5.74, 6) is 0. The number of halogens is 5. The van der Waals surface area contributed by atoms with Gasteiger partial charge in [-0.2, -0.15) is 18.3 Å². The van der Waals surface area contributed by atoms with Crippen molar-refractivity contribution in [2.24, 2.45) is 7.05 Å². The number of aromatic nitrogens is 2. The van der Waals surface area contributed by atoms with Crippen molar-refractivity contribution >= 4 is 32.9 Å². The first-order valence-corrected chi connectivity index (χ1v) is 4.23. The second-order valence-electron chi connectivity index (χ2n) is 2.28. The molecule has 0 bridgehead atoms. The molecule has 2 nitrogen and oxygen atoms in total. The lowest BCUT2D eigenvalue weighted by Crippen LogP contribution is -2.06. The molecule has 0 radical (unpaired) electrons. The van der Waals surface area contributed by atoms with E-state index in [2.05, 4.69) is 21.0 Å². The number of aryl methyl sites for hydroxylation is 1. The molecule has 76 valence electrons. The van der Waals surface area contributed by atoms with Gasteiger partial charge in [0, 0.05) is 18.1 Å². The van der Waals surface area contributed by atoms with Crippen molar-refractivity contribution in [2.45, 2.75) is 11.5 Å². The summed E-state index contributed by atoms with van der Waals surface area (Å²) in [6, 6.07) is 1.02. The van der Waals surface area contributed by atoms with Crippen molar-refractivity contribution in [3.8, 4) is 0 Å². The van der Waals surface area contributed by atoms with E-state index in [9.17, 15) is 13.2 Å². The highest BCUT2D eigenvalue weighted by Gasteiger charge is 2.34. The molecule has 0 N–H and O–H groups in total. The Labute approximate surface area is 92.0 Å². The summed E-state index contributed by atoms with van der Waals surface area (Å²) in [5.41, 5.74) is -0.346. The highest BCUT2D eigenvalue weighted by Crippen LogP contribution is 2.28. The smallest absolute Gasteiger partial charge is 0.271 e. The van der Waals surface area contributed by atoms with Crippen LogP contribution < -0.4 is 0 Å². The second-order valence-corrected chi connectivity index (χ2v) is 2.84. The Kier molecular flexibility index (Phi) is 4.44. The Morgan fingerprint density at radius 1 is 1.54 bits per heavy atom. The van der Waals surface area contributed by atoms with Gasteiger partial charge in [0.2, 0.25) is 0 Å². The lowest BCUT2D eigenvalue weighted by atomic mass is 10.4. The molecular weight excluding hydrogens is 317 g/mol. The molecule has 0 saturated heterocycles. The van der Waals surface area contributed by atoms with Crippen LogP contribution in [0.3, 0.4) is 0 Å². The predicted octanol–water partition coefficient (Wildman–Crippen LogP) is 2.91. The number of hydrogen-bond acceptors (Lipinski definition) is 1. The molecule has 1 aromatic heterocycles. The Bertz CT molecular complexity index is 282. The van der Waals surface area contributed by atoms with Crippen molar-refractivity contribution in [3.05, 3.63) is 17.5 Å². The molecule has 0 atom stereocenters. The number of alkyl halides is 4. The SMILES string of the molecule is Br.Cn1nc(C(F)(F)F)cc1CBr. The first-order valence-electron chi connectivity index (χ1n) is 3.11. The van der Waals surface area contributed by atoms with Gasteiger partial charge in [0.15, 0.2) is 5.69 Å². The summed E-state index contributed by atoms with van der Waals surface area (Å²) >= 11 is 3.06. The van der Waals surface area contributed by atoms with Crippen LogP contribution >= 0.6 is 32.9 Å². The maximum absolute atomic E-state index is 12.0. The highest BCUT2D eigenvalue weighted by molar-refractivity contribution is 9.08. The first kappa shape index (κ1) is 13.0. The standard InChI is InChI=1S/C6H6BrF3N2.BrH/c1-12-4(3-7)2-5(11-12)6(8,9)10;/h2H,3H2,1H3;1H. The minimum absolute atomic E-state index is 0. The largest absolute Gasteiger partial charge is 0.435 e. The molecule has 0 aliphatic rings. The fourth-order valence-electron chi connectivity index (χ4n) is 0.770. The highest BCUT2D eigenvalue weighted by atomic mass is 79.9. The minimum atomic E-state index is -4.35. The Morgan fingerprint density at radius 2 is 2.08 bits per heavy atom. The van der Waals surface area contributed by atoms with E-state index < -0.39 is 11.9 Å². The molecule has 1 rings (SSSR count). The fraction of sp³-hybridized carbons (Fsp3) is 0.500. The molecule has 0 unspecified atom stereocenters. The van der Waals surface area contributed by atoms with Gasteiger partial charge in [-0.1, -0.05) is 15.9 Å². The van der Waals surface area contributed by atoms with E-state index in [0.29, 0.717) is 11.0 Å². The van der Waals surface area contributed by atoms with Crippen LogP contribution in [0.15, 0.2) is 6.07 Å². The van der Waals surface area contributed by atoms with E-state index in [1.165, 1.54) is 11.7 Å². The van der Waals surface area contributed by atoms with Crippen LogP contribution in [0.5, 0.6) is 0 Å². The van der Waals surface area contributed by atoms with E-state index in [1.54, 1.807) is 0 Å². The van der Waals surface area contributed by atoms with Gasteiger partial charge in [0.05, 0.1) is 0 Å². The molecule has 0 saturated carbocycles. The minimum Gasteiger partial charge on any atom is -0.271 e. The van der Waals surface area contributed by atoms with E-state index in [-0.39, 0.29) is 17.0 Å². The summed E-state index contributed by atoms with van der Waals surface area (Å²) in [6.45, 7) is 0. The number of hydrogen-bond donors (Lipinski definition) is 0. The van der Waals surface area contributed by atoms with E-state index in [1.807, 2.05) is 0 Å². The second kappa shape index (κ2) is 4.45. The van der Waals surface area contributed by atoms with Crippen LogP contribution in [0.4, 0.5) is 13.2 Å². The molecule has 0 spiro atoms. The van der Waals surface area contributed by atoms with Gasteiger partial charge in [0.1, 0.15) is 0 Å². The third-order valence-electron chi connectivity index (χ3n) is 1.40. The lowest BCUT2D eigenvalue weighted by molar-refractivity contribution is -0.141. The van der Waals surface area contributed by atoms with Gasteiger partial charge in [-0.15, -0.1) is 17.0 Å². The molecule has 0 amide bonds. The molecule has 1 heterocycles. The van der Waals surface area contributed by atoms with Crippen molar-refractivity contribution in [1.82, 2.24) is 9.78 Å². The Morgan fingerprint density at radius 3 is 2.31 bits per heavy atom. The van der Waals surface area contributed by atoms with E-state index in [0.717, 1.165) is 6.07 Å². The average molecular weight is 324 g/mol. The Balaban J connectivity index is 0.00000144. The lowest BCUT2D eigenvalue weighted by Gasteiger charge is -1.99. The Hall–Kier alpha value is -0.0400. The van der Waals surface area contributed by atoms with Crippen LogP contribution in [0.1, 0.15) is 11.4 Å². The quantitative estimate of drug-likeness (QED) is 0.727. The molecular formula is C6H7Br2F3N2. The van der Waals surface area contributed by atoms with Crippen molar-refractivity contribution in [2.75, 3.05) is 0 Å². The van der Waals surface area contributed by atoms with Crippen LogP contribution in [0.25, 0.3) is 0 Å². The molecule has 7 heteroatoms. The first-order chi connectivity index (χ1) is 5.45. The zero-order valence-electron chi connectivity index (χ0n) is 6.60. The third kappa shape index (κ3) is 2.98. The van der Waals surface area contributed by atoms with Gasteiger partial charge in [-0.05, 0) is 6.07 Å². The van der Waals surface area contributed by atoms with Crippen LogP contribution in [-0.4, -0.2) is 9.78 Å². The zero-order chi connectivity index (χ0) is 9.35. The average Bonchev–Trinajstić information content (AvgIpc) is 2.29. The fourth-order valence-corrected chi connectivity index (χ4v) is 1.29.